The Bertz CT molecular complexity index is 1180. The highest BCUT2D eigenvalue weighted by Crippen LogP contribution is 2.69. The second-order valence-electron chi connectivity index (χ2n) is 14.1. The van der Waals surface area contributed by atoms with Gasteiger partial charge in [0, 0.05) is 6.42 Å². The van der Waals surface area contributed by atoms with Crippen molar-refractivity contribution in [2.45, 2.75) is 110 Å². The highest BCUT2D eigenvalue weighted by molar-refractivity contribution is 7.90. The molecule has 11 atom stereocenters. The van der Waals surface area contributed by atoms with Crippen LogP contribution in [0.1, 0.15) is 91.0 Å². The molecule has 1 amide bonds. The van der Waals surface area contributed by atoms with E-state index in [2.05, 4.69) is 32.4 Å². The minimum Gasteiger partial charge on any atom is -0.393 e. The van der Waals surface area contributed by atoms with Crippen molar-refractivity contribution in [1.82, 2.24) is 4.72 Å². The van der Waals surface area contributed by atoms with Crippen molar-refractivity contribution in [2.24, 2.45) is 52.3 Å². The summed E-state index contributed by atoms with van der Waals surface area (Å²) in [7, 11) is -3.90. The fourth-order valence-electron chi connectivity index (χ4n) is 10.5. The van der Waals surface area contributed by atoms with Gasteiger partial charge in [0.05, 0.1) is 17.1 Å². The number of nitrogens with one attached hydrogen (secondary N) is 1. The van der Waals surface area contributed by atoms with E-state index in [1.54, 1.807) is 25.1 Å². The molecule has 5 rings (SSSR count). The van der Waals surface area contributed by atoms with Gasteiger partial charge >= 0.3 is 0 Å². The van der Waals surface area contributed by atoms with Crippen molar-refractivity contribution in [3.63, 3.8) is 0 Å². The zero-order valence-electron chi connectivity index (χ0n) is 24.4. The molecule has 0 bridgehead atoms. The van der Waals surface area contributed by atoms with Gasteiger partial charge in [-0.3, -0.25) is 4.79 Å². The van der Waals surface area contributed by atoms with Crippen LogP contribution in [0.15, 0.2) is 29.2 Å². The number of amides is 1. The van der Waals surface area contributed by atoms with Gasteiger partial charge in [-0.05, 0) is 116 Å². The summed E-state index contributed by atoms with van der Waals surface area (Å²) in [5.74, 6) is 1.69. The Morgan fingerprint density at radius 2 is 1.69 bits per heavy atom. The van der Waals surface area contributed by atoms with Crippen molar-refractivity contribution >= 4 is 15.9 Å². The number of carbonyl (C=O) groups is 1. The molecule has 1 unspecified atom stereocenters. The topological polar surface area (TPSA) is 104 Å². The Hall–Kier alpha value is -1.44. The van der Waals surface area contributed by atoms with Crippen molar-refractivity contribution in [3.8, 4) is 0 Å². The first-order valence-corrected chi connectivity index (χ1v) is 16.8. The van der Waals surface area contributed by atoms with Crippen LogP contribution in [0, 0.1) is 59.2 Å². The third-order valence-corrected chi connectivity index (χ3v) is 13.8. The maximum absolute atomic E-state index is 13.0. The molecule has 0 saturated heterocycles. The molecular weight excluding hydrogens is 510 g/mol. The molecule has 0 aromatic heterocycles. The summed E-state index contributed by atoms with van der Waals surface area (Å²) in [6.45, 7) is 10.9. The van der Waals surface area contributed by atoms with E-state index in [1.165, 1.54) is 6.07 Å². The van der Waals surface area contributed by atoms with E-state index >= 15 is 0 Å². The Morgan fingerprint density at radius 3 is 2.38 bits per heavy atom. The molecule has 4 fully saturated rings. The fourth-order valence-corrected chi connectivity index (χ4v) is 11.7. The van der Waals surface area contributed by atoms with E-state index in [-0.39, 0.29) is 52.1 Å². The lowest BCUT2D eigenvalue weighted by Crippen LogP contribution is -2.62. The third kappa shape index (κ3) is 4.78. The van der Waals surface area contributed by atoms with Gasteiger partial charge in [0.1, 0.15) is 0 Å². The predicted octanol–water partition coefficient (Wildman–Crippen LogP) is 5.45. The Kier molecular flexibility index (Phi) is 7.78. The van der Waals surface area contributed by atoms with Gasteiger partial charge < -0.3 is 10.2 Å². The van der Waals surface area contributed by atoms with Gasteiger partial charge in [-0.1, -0.05) is 52.3 Å². The molecule has 0 spiro atoms. The van der Waals surface area contributed by atoms with E-state index in [9.17, 15) is 23.4 Å². The number of aliphatic hydroxyl groups excluding tert-OH is 2. The Labute approximate surface area is 235 Å². The van der Waals surface area contributed by atoms with Crippen molar-refractivity contribution < 1.29 is 23.4 Å². The number of carbonyl (C=O) groups excluding carboxylic acids is 1. The van der Waals surface area contributed by atoms with Gasteiger partial charge in [0.25, 0.3) is 10.0 Å². The van der Waals surface area contributed by atoms with E-state index in [1.807, 2.05) is 0 Å². The van der Waals surface area contributed by atoms with Crippen LogP contribution >= 0.6 is 0 Å². The van der Waals surface area contributed by atoms with Crippen LogP contribution in [0.5, 0.6) is 0 Å². The molecule has 218 valence electrons. The largest absolute Gasteiger partial charge is 0.393 e. The first kappa shape index (κ1) is 29.1. The van der Waals surface area contributed by atoms with Crippen LogP contribution in [0.4, 0.5) is 0 Å². The molecule has 0 heterocycles. The number of rotatable bonds is 6. The minimum atomic E-state index is -3.90. The fraction of sp³-hybridized carbons (Fsp3) is 0.781. The molecule has 7 heteroatoms. The summed E-state index contributed by atoms with van der Waals surface area (Å²) in [4.78, 5) is 13.2. The summed E-state index contributed by atoms with van der Waals surface area (Å²) >= 11 is 0. The molecule has 4 aliphatic rings. The van der Waals surface area contributed by atoms with Crippen LogP contribution in [-0.2, 0) is 14.8 Å². The number of aryl methyl sites for hydroxylation is 1. The summed E-state index contributed by atoms with van der Waals surface area (Å²) in [6.07, 6.45) is 7.52. The van der Waals surface area contributed by atoms with Crippen molar-refractivity contribution in [2.75, 3.05) is 0 Å². The lowest BCUT2D eigenvalue weighted by atomic mass is 9.41. The van der Waals surface area contributed by atoms with E-state index < -0.39 is 15.9 Å². The second kappa shape index (κ2) is 10.4. The van der Waals surface area contributed by atoms with Gasteiger partial charge in [-0.2, -0.15) is 0 Å². The highest BCUT2D eigenvalue weighted by Gasteiger charge is 2.64. The summed E-state index contributed by atoms with van der Waals surface area (Å²) in [6, 6.07) is 6.73. The lowest BCUT2D eigenvalue weighted by molar-refractivity contribution is -0.203. The second-order valence-corrected chi connectivity index (χ2v) is 15.7. The first-order valence-electron chi connectivity index (χ1n) is 15.3. The average molecular weight is 560 g/mol. The summed E-state index contributed by atoms with van der Waals surface area (Å²) in [5.41, 5.74) is 0.819. The normalized spacial score (nSPS) is 42.6. The zero-order valence-corrected chi connectivity index (χ0v) is 25.2. The van der Waals surface area contributed by atoms with Crippen LogP contribution in [0.3, 0.4) is 0 Å². The first-order chi connectivity index (χ1) is 18.3. The van der Waals surface area contributed by atoms with Crippen LogP contribution in [0.25, 0.3) is 0 Å². The molecular formula is C32H49NO5S. The quantitative estimate of drug-likeness (QED) is 0.430. The monoisotopic (exact) mass is 559 g/mol. The molecule has 6 nitrogen and oxygen atoms in total. The van der Waals surface area contributed by atoms with Crippen molar-refractivity contribution in [1.29, 1.82) is 0 Å². The number of sulfonamides is 1. The highest BCUT2D eigenvalue weighted by atomic mass is 32.2. The van der Waals surface area contributed by atoms with Gasteiger partial charge in [-0.15, -0.1) is 0 Å². The number of hydrogen-bond acceptors (Lipinski definition) is 5. The molecule has 39 heavy (non-hydrogen) atoms. The summed E-state index contributed by atoms with van der Waals surface area (Å²) < 4.78 is 28.1. The molecule has 1 aromatic carbocycles. The number of fused-ring (bicyclic) bond motifs is 5. The Balaban J connectivity index is 1.33. The maximum atomic E-state index is 13.0. The Morgan fingerprint density at radius 1 is 1.03 bits per heavy atom. The maximum Gasteiger partial charge on any atom is 0.264 e. The molecule has 0 radical (unpaired) electrons. The van der Waals surface area contributed by atoms with Crippen LogP contribution in [0.2, 0.25) is 0 Å². The van der Waals surface area contributed by atoms with E-state index in [0.29, 0.717) is 29.2 Å². The average Bonchev–Trinajstić information content (AvgIpc) is 3.22. The number of hydrogen-bond donors (Lipinski definition) is 3. The van der Waals surface area contributed by atoms with Gasteiger partial charge in [-0.25, -0.2) is 13.1 Å². The van der Waals surface area contributed by atoms with Crippen LogP contribution in [-0.4, -0.2) is 36.7 Å². The molecule has 0 aliphatic heterocycles. The number of benzene rings is 1. The minimum absolute atomic E-state index is 0.0341. The van der Waals surface area contributed by atoms with Crippen molar-refractivity contribution in [3.05, 3.63) is 29.8 Å². The number of aliphatic hydroxyl groups is 2. The van der Waals surface area contributed by atoms with E-state index in [4.69, 9.17) is 0 Å². The standard InChI is InChI=1S/C32H49NO5S/c1-6-22-26-18-21(34)13-15-32(26,5)25-14-16-31(4)23(11-12-24(31)29(25)30(22)36)20(3)17-28(35)33-39(37,38)27-10-8-7-9-19(27)2/h7-10,20-26,29-30,34,36H,6,11-18H2,1-5H3,(H,33,35)/t20?,21-,22-,23-,24+,25+,26+,29+,30-,31-,32-/m1/s1. The smallest absolute Gasteiger partial charge is 0.264 e. The summed E-state index contributed by atoms with van der Waals surface area (Å²) in [5, 5.41) is 22.4. The molecule has 3 N–H and O–H groups in total. The molecule has 1 aromatic rings. The van der Waals surface area contributed by atoms with Gasteiger partial charge in [0.2, 0.25) is 5.91 Å². The van der Waals surface area contributed by atoms with Gasteiger partial charge in [0.15, 0.2) is 0 Å². The zero-order chi connectivity index (χ0) is 28.3. The predicted molar refractivity (Wildman–Crippen MR) is 152 cm³/mol. The van der Waals surface area contributed by atoms with E-state index in [0.717, 1.165) is 51.4 Å². The molecule has 4 saturated carbocycles. The SMILES string of the molecule is CC[C@H]1[C@@H](O)[C@@H]2[C@H](CC[C@]3(C)[C@@H](C(C)CC(=O)NS(=O)(=O)c4ccccc4C)CC[C@@H]23)[C@@]2(C)CC[C@@H](O)C[C@@H]12. The molecule has 4 aliphatic carbocycles. The van der Waals surface area contributed by atoms with Crippen LogP contribution < -0.4 is 4.72 Å². The third-order valence-electron chi connectivity index (χ3n) is 12.3. The lowest BCUT2D eigenvalue weighted by Gasteiger charge is -2.64.